The molecule has 0 unspecified atom stereocenters. The summed E-state index contributed by atoms with van der Waals surface area (Å²) in [5.74, 6) is 0. The van der Waals surface area contributed by atoms with Crippen molar-refractivity contribution in [1.82, 2.24) is 15.1 Å². The summed E-state index contributed by atoms with van der Waals surface area (Å²) >= 11 is 0. The first-order chi connectivity index (χ1) is 9.88. The molecular formula is C17H25N3. The van der Waals surface area contributed by atoms with Crippen LogP contribution in [0, 0.1) is 0 Å². The van der Waals surface area contributed by atoms with Crippen molar-refractivity contribution < 1.29 is 0 Å². The van der Waals surface area contributed by atoms with E-state index in [1.807, 2.05) is 16.9 Å². The van der Waals surface area contributed by atoms with Gasteiger partial charge in [-0.05, 0) is 18.5 Å². The maximum Gasteiger partial charge on any atom is 0.0659 e. The molecule has 2 rings (SSSR count). The fraction of sp³-hybridized carbons (Fsp3) is 0.471. The molecule has 3 nitrogen and oxygen atoms in total. The molecule has 2 aromatic rings. The van der Waals surface area contributed by atoms with Crippen molar-refractivity contribution in [3.63, 3.8) is 0 Å². The molecule has 0 aliphatic rings. The van der Waals surface area contributed by atoms with Crippen molar-refractivity contribution in [2.24, 2.45) is 0 Å². The maximum atomic E-state index is 4.42. The predicted molar refractivity (Wildman–Crippen MR) is 83.6 cm³/mol. The third-order valence-electron chi connectivity index (χ3n) is 3.41. The highest BCUT2D eigenvalue weighted by Gasteiger charge is 1.99. The average molecular weight is 271 g/mol. The quantitative estimate of drug-likeness (QED) is 0.706. The van der Waals surface area contributed by atoms with E-state index >= 15 is 0 Å². The van der Waals surface area contributed by atoms with Crippen LogP contribution >= 0.6 is 0 Å². The van der Waals surface area contributed by atoms with Gasteiger partial charge in [-0.1, -0.05) is 56.5 Å². The van der Waals surface area contributed by atoms with E-state index in [0.717, 1.165) is 19.6 Å². The second-order valence-electron chi connectivity index (χ2n) is 5.27. The molecule has 3 heteroatoms. The molecule has 20 heavy (non-hydrogen) atoms. The Morgan fingerprint density at radius 3 is 2.70 bits per heavy atom. The maximum absolute atomic E-state index is 4.42. The zero-order valence-corrected chi connectivity index (χ0v) is 12.4. The summed E-state index contributed by atoms with van der Waals surface area (Å²) in [6.45, 7) is 5.11. The van der Waals surface area contributed by atoms with Crippen LogP contribution in [0.15, 0.2) is 42.7 Å². The van der Waals surface area contributed by atoms with Gasteiger partial charge in [0.2, 0.25) is 0 Å². The van der Waals surface area contributed by atoms with Crippen LogP contribution in [0.1, 0.15) is 43.7 Å². The van der Waals surface area contributed by atoms with Gasteiger partial charge in [0.15, 0.2) is 0 Å². The lowest BCUT2D eigenvalue weighted by Gasteiger charge is -2.03. The minimum Gasteiger partial charge on any atom is -0.313 e. The van der Waals surface area contributed by atoms with E-state index in [9.17, 15) is 0 Å². The van der Waals surface area contributed by atoms with Crippen LogP contribution in [0.3, 0.4) is 0 Å². The topological polar surface area (TPSA) is 29.9 Å². The summed E-state index contributed by atoms with van der Waals surface area (Å²) in [5.41, 5.74) is 2.55. The summed E-state index contributed by atoms with van der Waals surface area (Å²) < 4.78 is 2.00. The SMILES string of the molecule is CCCCCCNCc1cnn(Cc2ccccc2)c1. The molecule has 1 heterocycles. The van der Waals surface area contributed by atoms with Gasteiger partial charge in [0.1, 0.15) is 0 Å². The van der Waals surface area contributed by atoms with Crippen LogP contribution in [-0.2, 0) is 13.1 Å². The van der Waals surface area contributed by atoms with Gasteiger partial charge in [0.05, 0.1) is 12.7 Å². The summed E-state index contributed by atoms with van der Waals surface area (Å²) in [6.07, 6.45) is 9.33. The molecule has 0 saturated carbocycles. The lowest BCUT2D eigenvalue weighted by Crippen LogP contribution is -2.14. The van der Waals surface area contributed by atoms with Gasteiger partial charge in [-0.25, -0.2) is 0 Å². The van der Waals surface area contributed by atoms with Crippen LogP contribution in [0.4, 0.5) is 0 Å². The molecule has 0 saturated heterocycles. The number of nitrogens with one attached hydrogen (secondary N) is 1. The Morgan fingerprint density at radius 1 is 1.05 bits per heavy atom. The Balaban J connectivity index is 1.70. The molecule has 0 aliphatic heterocycles. The smallest absolute Gasteiger partial charge is 0.0659 e. The summed E-state index contributed by atoms with van der Waals surface area (Å²) in [5, 5.41) is 7.90. The molecule has 0 spiro atoms. The van der Waals surface area contributed by atoms with Gasteiger partial charge < -0.3 is 5.32 Å². The Kier molecular flexibility index (Phi) is 6.32. The van der Waals surface area contributed by atoms with E-state index in [2.05, 4.69) is 47.8 Å². The molecule has 1 aromatic heterocycles. The van der Waals surface area contributed by atoms with Gasteiger partial charge in [-0.3, -0.25) is 4.68 Å². The highest BCUT2D eigenvalue weighted by molar-refractivity contribution is 5.15. The second-order valence-corrected chi connectivity index (χ2v) is 5.27. The van der Waals surface area contributed by atoms with Gasteiger partial charge in [0, 0.05) is 18.3 Å². The molecule has 0 amide bonds. The van der Waals surface area contributed by atoms with Crippen LogP contribution in [0.5, 0.6) is 0 Å². The molecule has 0 bridgehead atoms. The number of benzene rings is 1. The van der Waals surface area contributed by atoms with Gasteiger partial charge in [-0.15, -0.1) is 0 Å². The summed E-state index contributed by atoms with van der Waals surface area (Å²) in [7, 11) is 0. The highest BCUT2D eigenvalue weighted by atomic mass is 15.3. The van der Waals surface area contributed by atoms with Gasteiger partial charge >= 0.3 is 0 Å². The van der Waals surface area contributed by atoms with Crippen molar-refractivity contribution in [2.75, 3.05) is 6.54 Å². The van der Waals surface area contributed by atoms with Crippen LogP contribution in [0.2, 0.25) is 0 Å². The van der Waals surface area contributed by atoms with E-state index in [0.29, 0.717) is 0 Å². The predicted octanol–water partition coefficient (Wildman–Crippen LogP) is 3.60. The Labute approximate surface area is 122 Å². The zero-order chi connectivity index (χ0) is 14.0. The monoisotopic (exact) mass is 271 g/mol. The zero-order valence-electron chi connectivity index (χ0n) is 12.4. The molecule has 108 valence electrons. The number of unbranched alkanes of at least 4 members (excludes halogenated alkanes) is 3. The lowest BCUT2D eigenvalue weighted by molar-refractivity contribution is 0.597. The third kappa shape index (κ3) is 5.17. The first-order valence-corrected chi connectivity index (χ1v) is 7.64. The second kappa shape index (κ2) is 8.54. The number of hydrogen-bond donors (Lipinski definition) is 1. The largest absolute Gasteiger partial charge is 0.313 e. The lowest BCUT2D eigenvalue weighted by atomic mass is 10.2. The van der Waals surface area contributed by atoms with E-state index in [4.69, 9.17) is 0 Å². The molecule has 1 aromatic carbocycles. The fourth-order valence-corrected chi connectivity index (χ4v) is 2.26. The number of hydrogen-bond acceptors (Lipinski definition) is 2. The van der Waals surface area contributed by atoms with Gasteiger partial charge in [-0.2, -0.15) is 5.10 Å². The van der Waals surface area contributed by atoms with E-state index < -0.39 is 0 Å². The van der Waals surface area contributed by atoms with E-state index in [1.54, 1.807) is 0 Å². The van der Waals surface area contributed by atoms with Crippen molar-refractivity contribution in [1.29, 1.82) is 0 Å². The van der Waals surface area contributed by atoms with Gasteiger partial charge in [0.25, 0.3) is 0 Å². The standard InChI is InChI=1S/C17H25N3/c1-2-3-4-8-11-18-12-17-13-19-20(15-17)14-16-9-6-5-7-10-16/h5-7,9-10,13,15,18H,2-4,8,11-12,14H2,1H3. The first kappa shape index (κ1) is 14.8. The highest BCUT2D eigenvalue weighted by Crippen LogP contribution is 2.04. The van der Waals surface area contributed by atoms with E-state index in [-0.39, 0.29) is 0 Å². The van der Waals surface area contributed by atoms with Crippen molar-refractivity contribution in [2.45, 2.75) is 45.7 Å². The molecule has 1 N–H and O–H groups in total. The van der Waals surface area contributed by atoms with Crippen molar-refractivity contribution in [3.05, 3.63) is 53.9 Å². The fourth-order valence-electron chi connectivity index (χ4n) is 2.26. The summed E-state index contributed by atoms with van der Waals surface area (Å²) in [6, 6.07) is 10.4. The first-order valence-electron chi connectivity index (χ1n) is 7.64. The van der Waals surface area contributed by atoms with Crippen molar-refractivity contribution in [3.8, 4) is 0 Å². The average Bonchev–Trinajstić information content (AvgIpc) is 2.91. The minimum atomic E-state index is 0.845. The number of nitrogens with zero attached hydrogens (tertiary/aromatic N) is 2. The summed E-state index contributed by atoms with van der Waals surface area (Å²) in [4.78, 5) is 0. The Morgan fingerprint density at radius 2 is 1.90 bits per heavy atom. The molecule has 0 fully saturated rings. The van der Waals surface area contributed by atoms with Crippen LogP contribution in [-0.4, -0.2) is 16.3 Å². The normalized spacial score (nSPS) is 10.8. The van der Waals surface area contributed by atoms with Crippen molar-refractivity contribution >= 4 is 0 Å². The Bertz CT molecular complexity index is 476. The Hall–Kier alpha value is -1.61. The molecule has 0 radical (unpaired) electrons. The third-order valence-corrected chi connectivity index (χ3v) is 3.41. The molecular weight excluding hydrogens is 246 g/mol. The van der Waals surface area contributed by atoms with Crippen LogP contribution in [0.25, 0.3) is 0 Å². The van der Waals surface area contributed by atoms with Crippen LogP contribution < -0.4 is 5.32 Å². The molecule has 0 aliphatic carbocycles. The molecule has 0 atom stereocenters. The number of aromatic nitrogens is 2. The number of rotatable bonds is 9. The minimum absolute atomic E-state index is 0.845. The van der Waals surface area contributed by atoms with E-state index in [1.165, 1.54) is 36.8 Å².